The second kappa shape index (κ2) is 4.70. The summed E-state index contributed by atoms with van der Waals surface area (Å²) in [4.78, 5) is 22.9. The van der Waals surface area contributed by atoms with Crippen LogP contribution in [-0.2, 0) is 4.79 Å². The number of benzene rings is 1. The van der Waals surface area contributed by atoms with Crippen LogP contribution in [0.2, 0.25) is 0 Å². The van der Waals surface area contributed by atoms with Gasteiger partial charge in [0.05, 0.1) is 6.42 Å². The van der Waals surface area contributed by atoms with Gasteiger partial charge in [-0.25, -0.2) is 0 Å². The first kappa shape index (κ1) is 13.4. The van der Waals surface area contributed by atoms with Crippen LogP contribution in [0.4, 0.5) is 0 Å². The zero-order chi connectivity index (χ0) is 13.2. The zero-order valence-corrected chi connectivity index (χ0v) is 10.7. The molecule has 1 N–H and O–H groups in total. The van der Waals surface area contributed by atoms with Crippen LogP contribution in [0.25, 0.3) is 0 Å². The van der Waals surface area contributed by atoms with Crippen LogP contribution in [0, 0.1) is 19.3 Å². The van der Waals surface area contributed by atoms with Crippen molar-refractivity contribution in [2.45, 2.75) is 34.1 Å². The summed E-state index contributed by atoms with van der Waals surface area (Å²) in [5, 5.41) is 8.79. The molecule has 0 radical (unpaired) electrons. The van der Waals surface area contributed by atoms with Gasteiger partial charge in [-0.3, -0.25) is 9.59 Å². The van der Waals surface area contributed by atoms with E-state index in [4.69, 9.17) is 5.11 Å². The molecule has 0 aromatic heterocycles. The first-order valence-corrected chi connectivity index (χ1v) is 5.58. The lowest BCUT2D eigenvalue weighted by molar-refractivity contribution is -0.138. The zero-order valence-electron chi connectivity index (χ0n) is 10.7. The van der Waals surface area contributed by atoms with Gasteiger partial charge in [0.1, 0.15) is 0 Å². The highest BCUT2D eigenvalue weighted by atomic mass is 16.4. The third kappa shape index (κ3) is 3.16. The molecular formula is C14H18O3. The highest BCUT2D eigenvalue weighted by Crippen LogP contribution is 2.26. The van der Waals surface area contributed by atoms with Gasteiger partial charge in [0.25, 0.3) is 0 Å². The number of Topliss-reactive ketones (excluding diaryl/α,β-unsaturated/α-hetero) is 1. The standard InChI is InChI=1S/C14H18O3/c1-9-5-6-11(7-10(9)2)13(17)14(3,4)8-12(15)16/h5-7H,8H2,1-4H3,(H,15,16). The second-order valence-corrected chi connectivity index (χ2v) is 5.08. The summed E-state index contributed by atoms with van der Waals surface area (Å²) in [6, 6.07) is 5.47. The third-order valence-corrected chi connectivity index (χ3v) is 2.98. The third-order valence-electron chi connectivity index (χ3n) is 2.98. The molecule has 17 heavy (non-hydrogen) atoms. The summed E-state index contributed by atoms with van der Waals surface area (Å²) in [6.07, 6.45) is -0.154. The van der Waals surface area contributed by atoms with E-state index in [2.05, 4.69) is 0 Å². The van der Waals surface area contributed by atoms with E-state index in [-0.39, 0.29) is 12.2 Å². The Kier molecular flexibility index (Phi) is 3.71. The molecule has 1 rings (SSSR count). The van der Waals surface area contributed by atoms with Crippen molar-refractivity contribution < 1.29 is 14.7 Å². The largest absolute Gasteiger partial charge is 0.481 e. The van der Waals surface area contributed by atoms with Crippen LogP contribution >= 0.6 is 0 Å². The molecule has 1 aromatic carbocycles. The number of carboxylic acids is 1. The van der Waals surface area contributed by atoms with Crippen molar-refractivity contribution >= 4 is 11.8 Å². The number of aryl methyl sites for hydroxylation is 2. The number of carboxylic acid groups (broad SMARTS) is 1. The molecule has 0 atom stereocenters. The Labute approximate surface area is 101 Å². The van der Waals surface area contributed by atoms with Crippen LogP contribution in [0.15, 0.2) is 18.2 Å². The average Bonchev–Trinajstić information content (AvgIpc) is 2.19. The Morgan fingerprint density at radius 1 is 1.18 bits per heavy atom. The van der Waals surface area contributed by atoms with E-state index in [0.29, 0.717) is 5.56 Å². The van der Waals surface area contributed by atoms with E-state index in [0.717, 1.165) is 11.1 Å². The maximum atomic E-state index is 12.2. The van der Waals surface area contributed by atoms with Gasteiger partial charge in [-0.15, -0.1) is 0 Å². The Balaban J connectivity index is 3.03. The lowest BCUT2D eigenvalue weighted by Crippen LogP contribution is -2.27. The number of hydrogen-bond acceptors (Lipinski definition) is 2. The lowest BCUT2D eigenvalue weighted by Gasteiger charge is -2.21. The van der Waals surface area contributed by atoms with Gasteiger partial charge in [0, 0.05) is 11.0 Å². The molecule has 3 nitrogen and oxygen atoms in total. The van der Waals surface area contributed by atoms with Gasteiger partial charge < -0.3 is 5.11 Å². The number of carbonyl (C=O) groups excluding carboxylic acids is 1. The summed E-state index contributed by atoms with van der Waals surface area (Å²) in [6.45, 7) is 7.25. The predicted molar refractivity (Wildman–Crippen MR) is 66.3 cm³/mol. The molecule has 0 aliphatic heterocycles. The van der Waals surface area contributed by atoms with Gasteiger partial charge >= 0.3 is 5.97 Å². The fourth-order valence-electron chi connectivity index (χ4n) is 1.73. The number of ketones is 1. The number of carbonyl (C=O) groups is 2. The summed E-state index contributed by atoms with van der Waals surface area (Å²) in [5.41, 5.74) is 1.88. The Morgan fingerprint density at radius 2 is 1.76 bits per heavy atom. The minimum absolute atomic E-state index is 0.122. The van der Waals surface area contributed by atoms with Crippen LogP contribution in [0.3, 0.4) is 0 Å². The normalized spacial score (nSPS) is 11.3. The number of aliphatic carboxylic acids is 1. The molecule has 0 amide bonds. The molecule has 0 heterocycles. The van der Waals surface area contributed by atoms with Gasteiger partial charge in [-0.05, 0) is 31.0 Å². The molecule has 0 aliphatic rings. The SMILES string of the molecule is Cc1ccc(C(=O)C(C)(C)CC(=O)O)cc1C. The van der Waals surface area contributed by atoms with E-state index in [1.54, 1.807) is 19.9 Å². The molecule has 0 fully saturated rings. The van der Waals surface area contributed by atoms with Crippen molar-refractivity contribution in [1.82, 2.24) is 0 Å². The van der Waals surface area contributed by atoms with Crippen LogP contribution in [0.5, 0.6) is 0 Å². The maximum Gasteiger partial charge on any atom is 0.304 e. The lowest BCUT2D eigenvalue weighted by atomic mass is 9.81. The van der Waals surface area contributed by atoms with Crippen LogP contribution in [0.1, 0.15) is 41.8 Å². The molecule has 0 spiro atoms. The monoisotopic (exact) mass is 234 g/mol. The highest BCUT2D eigenvalue weighted by Gasteiger charge is 2.31. The van der Waals surface area contributed by atoms with Gasteiger partial charge in [-0.1, -0.05) is 26.0 Å². The molecule has 0 unspecified atom stereocenters. The molecule has 0 aliphatic carbocycles. The minimum Gasteiger partial charge on any atom is -0.481 e. The summed E-state index contributed by atoms with van der Waals surface area (Å²) >= 11 is 0. The number of rotatable bonds is 4. The molecule has 3 heteroatoms. The molecule has 1 aromatic rings. The van der Waals surface area contributed by atoms with E-state index in [9.17, 15) is 9.59 Å². The van der Waals surface area contributed by atoms with E-state index < -0.39 is 11.4 Å². The summed E-state index contributed by atoms with van der Waals surface area (Å²) < 4.78 is 0. The second-order valence-electron chi connectivity index (χ2n) is 5.08. The van der Waals surface area contributed by atoms with Gasteiger partial charge in [-0.2, -0.15) is 0 Å². The first-order valence-electron chi connectivity index (χ1n) is 5.58. The van der Waals surface area contributed by atoms with Crippen molar-refractivity contribution in [2.24, 2.45) is 5.41 Å². The van der Waals surface area contributed by atoms with Crippen LogP contribution < -0.4 is 0 Å². The van der Waals surface area contributed by atoms with Crippen molar-refractivity contribution in [3.05, 3.63) is 34.9 Å². The average molecular weight is 234 g/mol. The number of hydrogen-bond donors (Lipinski definition) is 1. The summed E-state index contributed by atoms with van der Waals surface area (Å²) in [7, 11) is 0. The highest BCUT2D eigenvalue weighted by molar-refractivity contribution is 6.01. The van der Waals surface area contributed by atoms with E-state index in [1.807, 2.05) is 26.0 Å². The topological polar surface area (TPSA) is 54.4 Å². The van der Waals surface area contributed by atoms with Gasteiger partial charge in [0.15, 0.2) is 5.78 Å². The quantitative estimate of drug-likeness (QED) is 0.815. The van der Waals surface area contributed by atoms with E-state index >= 15 is 0 Å². The van der Waals surface area contributed by atoms with Crippen molar-refractivity contribution in [3.8, 4) is 0 Å². The van der Waals surface area contributed by atoms with Crippen molar-refractivity contribution in [2.75, 3.05) is 0 Å². The predicted octanol–water partition coefficient (Wildman–Crippen LogP) is 2.99. The van der Waals surface area contributed by atoms with E-state index in [1.165, 1.54) is 0 Å². The fraction of sp³-hybridized carbons (Fsp3) is 0.429. The Bertz CT molecular complexity index is 459. The Hall–Kier alpha value is -1.64. The molecule has 0 bridgehead atoms. The smallest absolute Gasteiger partial charge is 0.304 e. The Morgan fingerprint density at radius 3 is 2.24 bits per heavy atom. The molecule has 0 saturated heterocycles. The molecular weight excluding hydrogens is 216 g/mol. The first-order chi connectivity index (χ1) is 7.74. The summed E-state index contributed by atoms with van der Waals surface area (Å²) in [5.74, 6) is -1.07. The molecule has 92 valence electrons. The minimum atomic E-state index is -0.952. The van der Waals surface area contributed by atoms with Crippen molar-refractivity contribution in [1.29, 1.82) is 0 Å². The van der Waals surface area contributed by atoms with Crippen LogP contribution in [-0.4, -0.2) is 16.9 Å². The maximum absolute atomic E-state index is 12.2. The fourth-order valence-corrected chi connectivity index (χ4v) is 1.73. The van der Waals surface area contributed by atoms with Crippen molar-refractivity contribution in [3.63, 3.8) is 0 Å². The molecule has 0 saturated carbocycles. The van der Waals surface area contributed by atoms with Gasteiger partial charge in [0.2, 0.25) is 0 Å².